The first-order valence-electron chi connectivity index (χ1n) is 7.84. The molecule has 1 heterocycles. The number of fused-ring (bicyclic) bond motifs is 1. The van der Waals surface area contributed by atoms with Crippen molar-refractivity contribution in [2.45, 2.75) is 19.9 Å². The lowest BCUT2D eigenvalue weighted by molar-refractivity contribution is -0.384. The summed E-state index contributed by atoms with van der Waals surface area (Å²) >= 11 is 0. The molecule has 1 N–H and O–H groups in total. The standard InChI is InChI=1S/C18H15N3O5/c1-10-7-8-12(21(25)26)9-15(10)19-16(22)11(2)20-17(23)13-5-3-4-6-14(13)18(20)24/h3-9,11H,1-2H3,(H,19,22)/t11-/m1/s1. The number of carbonyl (C=O) groups excluding carboxylic acids is 3. The Balaban J connectivity index is 1.84. The van der Waals surface area contributed by atoms with E-state index < -0.39 is 28.7 Å². The summed E-state index contributed by atoms with van der Waals surface area (Å²) in [5.41, 5.74) is 1.22. The number of carbonyl (C=O) groups is 3. The third-order valence-electron chi connectivity index (χ3n) is 4.28. The number of nitro benzene ring substituents is 1. The van der Waals surface area contributed by atoms with Crippen molar-refractivity contribution in [3.05, 3.63) is 69.3 Å². The zero-order chi connectivity index (χ0) is 19.0. The van der Waals surface area contributed by atoms with Gasteiger partial charge in [-0.05, 0) is 31.5 Å². The number of benzene rings is 2. The van der Waals surface area contributed by atoms with Crippen molar-refractivity contribution in [2.24, 2.45) is 0 Å². The van der Waals surface area contributed by atoms with Gasteiger partial charge in [-0.3, -0.25) is 29.4 Å². The zero-order valence-electron chi connectivity index (χ0n) is 14.1. The summed E-state index contributed by atoms with van der Waals surface area (Å²) in [7, 11) is 0. The Labute approximate surface area is 148 Å². The van der Waals surface area contributed by atoms with Gasteiger partial charge in [0.25, 0.3) is 17.5 Å². The first kappa shape index (κ1) is 17.3. The molecule has 1 aliphatic heterocycles. The van der Waals surface area contributed by atoms with Crippen LogP contribution in [0.1, 0.15) is 33.2 Å². The minimum Gasteiger partial charge on any atom is -0.324 e. The Morgan fingerprint density at radius 3 is 2.23 bits per heavy atom. The van der Waals surface area contributed by atoms with E-state index in [9.17, 15) is 24.5 Å². The monoisotopic (exact) mass is 353 g/mol. The number of nitrogens with zero attached hydrogens (tertiary/aromatic N) is 2. The molecule has 132 valence electrons. The maximum Gasteiger partial charge on any atom is 0.271 e. The van der Waals surface area contributed by atoms with Crippen molar-refractivity contribution in [2.75, 3.05) is 5.32 Å². The van der Waals surface area contributed by atoms with E-state index in [1.54, 1.807) is 19.1 Å². The van der Waals surface area contributed by atoms with Gasteiger partial charge in [-0.25, -0.2) is 0 Å². The Hall–Kier alpha value is -3.55. The van der Waals surface area contributed by atoms with Gasteiger partial charge in [-0.1, -0.05) is 18.2 Å². The Morgan fingerprint density at radius 2 is 1.69 bits per heavy atom. The molecular formula is C18H15N3O5. The second kappa shape index (κ2) is 6.40. The SMILES string of the molecule is Cc1ccc([N+](=O)[O-])cc1NC(=O)[C@@H](C)N1C(=O)c2ccccc2C1=O. The van der Waals surface area contributed by atoms with Crippen LogP contribution in [0.3, 0.4) is 0 Å². The second-order valence-corrected chi connectivity index (χ2v) is 5.95. The van der Waals surface area contributed by atoms with Gasteiger partial charge in [0.15, 0.2) is 0 Å². The highest BCUT2D eigenvalue weighted by molar-refractivity contribution is 6.23. The van der Waals surface area contributed by atoms with Crippen molar-refractivity contribution in [3.8, 4) is 0 Å². The van der Waals surface area contributed by atoms with Crippen LogP contribution < -0.4 is 5.32 Å². The number of non-ortho nitro benzene ring substituents is 1. The molecule has 0 fully saturated rings. The Bertz CT molecular complexity index is 919. The molecular weight excluding hydrogens is 338 g/mol. The number of nitrogens with one attached hydrogen (secondary N) is 1. The molecule has 0 saturated carbocycles. The number of nitro groups is 1. The van der Waals surface area contributed by atoms with E-state index in [1.165, 1.54) is 37.3 Å². The number of hydrogen-bond donors (Lipinski definition) is 1. The average molecular weight is 353 g/mol. The lowest BCUT2D eigenvalue weighted by Gasteiger charge is -2.22. The van der Waals surface area contributed by atoms with Crippen LogP contribution in [0.2, 0.25) is 0 Å². The summed E-state index contributed by atoms with van der Waals surface area (Å²) in [5, 5.41) is 13.5. The number of amides is 3. The lowest BCUT2D eigenvalue weighted by Crippen LogP contribution is -2.45. The summed E-state index contributed by atoms with van der Waals surface area (Å²) in [6, 6.07) is 9.37. The highest BCUT2D eigenvalue weighted by atomic mass is 16.6. The second-order valence-electron chi connectivity index (χ2n) is 5.95. The topological polar surface area (TPSA) is 110 Å². The zero-order valence-corrected chi connectivity index (χ0v) is 14.1. The predicted molar refractivity (Wildman–Crippen MR) is 92.9 cm³/mol. The fourth-order valence-electron chi connectivity index (χ4n) is 2.77. The molecule has 26 heavy (non-hydrogen) atoms. The van der Waals surface area contributed by atoms with Crippen LogP contribution >= 0.6 is 0 Å². The van der Waals surface area contributed by atoms with E-state index >= 15 is 0 Å². The summed E-state index contributed by atoms with van der Waals surface area (Å²) < 4.78 is 0. The summed E-state index contributed by atoms with van der Waals surface area (Å²) in [4.78, 5) is 48.7. The molecule has 0 bridgehead atoms. The molecule has 8 heteroatoms. The van der Waals surface area contributed by atoms with Gasteiger partial charge in [0.2, 0.25) is 5.91 Å². The van der Waals surface area contributed by atoms with Crippen LogP contribution in [0.4, 0.5) is 11.4 Å². The first-order chi connectivity index (χ1) is 12.3. The van der Waals surface area contributed by atoms with E-state index in [4.69, 9.17) is 0 Å². The molecule has 3 rings (SSSR count). The smallest absolute Gasteiger partial charge is 0.271 e. The van der Waals surface area contributed by atoms with Crippen molar-refractivity contribution in [3.63, 3.8) is 0 Å². The third-order valence-corrected chi connectivity index (χ3v) is 4.28. The molecule has 1 atom stereocenters. The van der Waals surface area contributed by atoms with Crippen LogP contribution in [-0.2, 0) is 4.79 Å². The number of hydrogen-bond acceptors (Lipinski definition) is 5. The molecule has 0 radical (unpaired) electrons. The molecule has 0 saturated heterocycles. The number of anilines is 1. The molecule has 8 nitrogen and oxygen atoms in total. The molecule has 1 aliphatic rings. The van der Waals surface area contributed by atoms with Gasteiger partial charge in [-0.15, -0.1) is 0 Å². The van der Waals surface area contributed by atoms with Crippen molar-refractivity contribution in [1.29, 1.82) is 0 Å². The highest BCUT2D eigenvalue weighted by Gasteiger charge is 2.40. The van der Waals surface area contributed by atoms with Crippen molar-refractivity contribution < 1.29 is 19.3 Å². The van der Waals surface area contributed by atoms with Gasteiger partial charge < -0.3 is 5.32 Å². The molecule has 2 aromatic rings. The largest absolute Gasteiger partial charge is 0.324 e. The quantitative estimate of drug-likeness (QED) is 0.516. The average Bonchev–Trinajstić information content (AvgIpc) is 2.87. The normalized spacial score (nSPS) is 14.2. The highest BCUT2D eigenvalue weighted by Crippen LogP contribution is 2.26. The minimum atomic E-state index is -1.07. The van der Waals surface area contributed by atoms with E-state index in [1.807, 2.05) is 0 Å². The third kappa shape index (κ3) is 2.81. The number of imide groups is 1. The maximum atomic E-state index is 12.5. The fourth-order valence-corrected chi connectivity index (χ4v) is 2.77. The molecule has 0 spiro atoms. The predicted octanol–water partition coefficient (Wildman–Crippen LogP) is 2.53. The maximum absolute atomic E-state index is 12.5. The minimum absolute atomic E-state index is 0.167. The number of aryl methyl sites for hydroxylation is 1. The first-order valence-corrected chi connectivity index (χ1v) is 7.84. The molecule has 0 aliphatic carbocycles. The lowest BCUT2D eigenvalue weighted by atomic mass is 10.1. The van der Waals surface area contributed by atoms with Crippen LogP contribution in [0, 0.1) is 17.0 Å². The van der Waals surface area contributed by atoms with Crippen molar-refractivity contribution in [1.82, 2.24) is 4.90 Å². The van der Waals surface area contributed by atoms with E-state index in [-0.39, 0.29) is 22.5 Å². The molecule has 3 amide bonds. The fraction of sp³-hybridized carbons (Fsp3) is 0.167. The van der Waals surface area contributed by atoms with Crippen LogP contribution in [0.15, 0.2) is 42.5 Å². The van der Waals surface area contributed by atoms with Gasteiger partial charge in [0.1, 0.15) is 6.04 Å². The van der Waals surface area contributed by atoms with Gasteiger partial charge in [-0.2, -0.15) is 0 Å². The van der Waals surface area contributed by atoms with E-state index in [0.29, 0.717) is 5.56 Å². The van der Waals surface area contributed by atoms with E-state index in [2.05, 4.69) is 5.32 Å². The molecule has 2 aromatic carbocycles. The molecule has 0 unspecified atom stereocenters. The summed E-state index contributed by atoms with van der Waals surface area (Å²) in [6.07, 6.45) is 0. The van der Waals surface area contributed by atoms with Crippen LogP contribution in [-0.4, -0.2) is 33.6 Å². The van der Waals surface area contributed by atoms with Gasteiger partial charge >= 0.3 is 0 Å². The number of rotatable bonds is 4. The van der Waals surface area contributed by atoms with E-state index in [0.717, 1.165) is 4.90 Å². The van der Waals surface area contributed by atoms with Crippen LogP contribution in [0.25, 0.3) is 0 Å². The molecule has 0 aromatic heterocycles. The Kier molecular flexibility index (Phi) is 4.25. The van der Waals surface area contributed by atoms with Gasteiger partial charge in [0, 0.05) is 12.1 Å². The summed E-state index contributed by atoms with van der Waals surface area (Å²) in [5.74, 6) is -1.68. The van der Waals surface area contributed by atoms with Crippen molar-refractivity contribution >= 4 is 29.1 Å². The summed E-state index contributed by atoms with van der Waals surface area (Å²) in [6.45, 7) is 3.12. The van der Waals surface area contributed by atoms with Crippen LogP contribution in [0.5, 0.6) is 0 Å². The van der Waals surface area contributed by atoms with Gasteiger partial charge in [0.05, 0.1) is 21.7 Å². The Morgan fingerprint density at radius 1 is 1.12 bits per heavy atom.